The molecule has 3 rings (SSSR count). The van der Waals surface area contributed by atoms with Crippen LogP contribution < -0.4 is 15.4 Å². The SMILES string of the molecule is Cc1ccc(NC(=O)COc2ccccc2C(=O)N[C@@H](C)C(=O)N(C)Cc2ccccc2)cc1. The first-order chi connectivity index (χ1) is 16.3. The van der Waals surface area contributed by atoms with Crippen LogP contribution in [-0.4, -0.2) is 42.3 Å². The molecule has 0 aliphatic carbocycles. The van der Waals surface area contributed by atoms with Crippen molar-refractivity contribution in [3.63, 3.8) is 0 Å². The summed E-state index contributed by atoms with van der Waals surface area (Å²) < 4.78 is 5.62. The van der Waals surface area contributed by atoms with Crippen molar-refractivity contribution in [2.45, 2.75) is 26.4 Å². The van der Waals surface area contributed by atoms with E-state index in [0.717, 1.165) is 11.1 Å². The van der Waals surface area contributed by atoms with Crippen molar-refractivity contribution in [3.8, 4) is 5.75 Å². The predicted octanol–water partition coefficient (Wildman–Crippen LogP) is 3.79. The molecule has 1 atom stereocenters. The minimum absolute atomic E-state index is 0.215. The molecule has 7 heteroatoms. The molecule has 0 saturated carbocycles. The van der Waals surface area contributed by atoms with E-state index < -0.39 is 11.9 Å². The molecule has 0 unspecified atom stereocenters. The molecule has 2 N–H and O–H groups in total. The third kappa shape index (κ3) is 6.93. The van der Waals surface area contributed by atoms with E-state index in [1.54, 1.807) is 43.1 Å². The van der Waals surface area contributed by atoms with E-state index in [4.69, 9.17) is 4.74 Å². The fourth-order valence-electron chi connectivity index (χ4n) is 3.36. The number of anilines is 1. The van der Waals surface area contributed by atoms with Crippen LogP contribution in [0.1, 0.15) is 28.4 Å². The Morgan fingerprint density at radius 3 is 2.26 bits per heavy atom. The minimum Gasteiger partial charge on any atom is -0.483 e. The van der Waals surface area contributed by atoms with Gasteiger partial charge in [0.25, 0.3) is 11.8 Å². The second kappa shape index (κ2) is 11.7. The van der Waals surface area contributed by atoms with Crippen molar-refractivity contribution in [3.05, 3.63) is 95.6 Å². The van der Waals surface area contributed by atoms with Gasteiger partial charge in [-0.15, -0.1) is 0 Å². The Kier molecular flexibility index (Phi) is 8.40. The van der Waals surface area contributed by atoms with E-state index >= 15 is 0 Å². The number of nitrogens with one attached hydrogen (secondary N) is 2. The van der Waals surface area contributed by atoms with Crippen LogP contribution in [0.15, 0.2) is 78.9 Å². The summed E-state index contributed by atoms with van der Waals surface area (Å²) in [4.78, 5) is 39.4. The highest BCUT2D eigenvalue weighted by Gasteiger charge is 2.22. The molecule has 3 aromatic carbocycles. The van der Waals surface area contributed by atoms with Gasteiger partial charge in [-0.25, -0.2) is 0 Å². The van der Waals surface area contributed by atoms with Crippen LogP contribution >= 0.6 is 0 Å². The van der Waals surface area contributed by atoms with Crippen molar-refractivity contribution < 1.29 is 19.1 Å². The number of para-hydroxylation sites is 1. The first kappa shape index (κ1) is 24.5. The largest absolute Gasteiger partial charge is 0.483 e. The van der Waals surface area contributed by atoms with Gasteiger partial charge in [0.15, 0.2) is 6.61 Å². The van der Waals surface area contributed by atoms with E-state index in [9.17, 15) is 14.4 Å². The summed E-state index contributed by atoms with van der Waals surface area (Å²) in [6.07, 6.45) is 0. The number of carbonyl (C=O) groups is 3. The summed E-state index contributed by atoms with van der Waals surface area (Å²) in [7, 11) is 1.70. The Hall–Kier alpha value is -4.13. The summed E-state index contributed by atoms with van der Waals surface area (Å²) in [5, 5.41) is 5.48. The number of benzene rings is 3. The topological polar surface area (TPSA) is 87.7 Å². The van der Waals surface area contributed by atoms with E-state index in [1.165, 1.54) is 0 Å². The monoisotopic (exact) mass is 459 g/mol. The van der Waals surface area contributed by atoms with Gasteiger partial charge in [-0.05, 0) is 43.7 Å². The molecule has 3 amide bonds. The molecule has 0 aromatic heterocycles. The Bertz CT molecular complexity index is 1130. The van der Waals surface area contributed by atoms with Gasteiger partial charge in [-0.1, -0.05) is 60.2 Å². The summed E-state index contributed by atoms with van der Waals surface area (Å²) in [5.74, 6) is -0.752. The molecule has 176 valence electrons. The van der Waals surface area contributed by atoms with E-state index in [1.807, 2.05) is 61.5 Å². The molecule has 0 saturated heterocycles. The smallest absolute Gasteiger partial charge is 0.262 e. The van der Waals surface area contributed by atoms with Gasteiger partial charge in [0.05, 0.1) is 5.56 Å². The lowest BCUT2D eigenvalue weighted by atomic mass is 10.1. The highest BCUT2D eigenvalue weighted by atomic mass is 16.5. The van der Waals surface area contributed by atoms with Crippen LogP contribution in [0.3, 0.4) is 0 Å². The molecule has 0 heterocycles. The predicted molar refractivity (Wildman–Crippen MR) is 132 cm³/mol. The molecular formula is C27H29N3O4. The third-order valence-corrected chi connectivity index (χ3v) is 5.18. The van der Waals surface area contributed by atoms with Crippen LogP contribution in [0, 0.1) is 6.92 Å². The second-order valence-corrected chi connectivity index (χ2v) is 8.07. The van der Waals surface area contributed by atoms with Gasteiger partial charge in [0.1, 0.15) is 11.8 Å². The number of aryl methyl sites for hydroxylation is 1. The van der Waals surface area contributed by atoms with Crippen molar-refractivity contribution in [2.24, 2.45) is 0 Å². The summed E-state index contributed by atoms with van der Waals surface area (Å²) >= 11 is 0. The molecule has 0 radical (unpaired) electrons. The average molecular weight is 460 g/mol. The first-order valence-electron chi connectivity index (χ1n) is 11.0. The second-order valence-electron chi connectivity index (χ2n) is 8.07. The molecule has 3 aromatic rings. The van der Waals surface area contributed by atoms with Crippen LogP contribution in [-0.2, 0) is 16.1 Å². The van der Waals surface area contributed by atoms with Gasteiger partial charge in [0.2, 0.25) is 5.91 Å². The van der Waals surface area contributed by atoms with Crippen LogP contribution in [0.4, 0.5) is 5.69 Å². The Morgan fingerprint density at radius 2 is 1.56 bits per heavy atom. The molecule has 0 fully saturated rings. The van der Waals surface area contributed by atoms with Gasteiger partial charge in [-0.3, -0.25) is 14.4 Å². The zero-order valence-corrected chi connectivity index (χ0v) is 19.6. The van der Waals surface area contributed by atoms with Gasteiger partial charge >= 0.3 is 0 Å². The van der Waals surface area contributed by atoms with Crippen molar-refractivity contribution in [2.75, 3.05) is 19.0 Å². The molecule has 0 aliphatic heterocycles. The Labute approximate surface area is 199 Å². The van der Waals surface area contributed by atoms with Gasteiger partial charge in [-0.2, -0.15) is 0 Å². The number of hydrogen-bond acceptors (Lipinski definition) is 4. The number of rotatable bonds is 9. The standard InChI is InChI=1S/C27H29N3O4/c1-19-13-15-22(16-14-19)29-25(31)18-34-24-12-8-7-11-23(24)26(32)28-20(2)27(33)30(3)17-21-9-5-4-6-10-21/h4-16,20H,17-18H2,1-3H3,(H,28,32)(H,29,31)/t20-/m0/s1. The Balaban J connectivity index is 1.57. The lowest BCUT2D eigenvalue weighted by Gasteiger charge is -2.22. The van der Waals surface area contributed by atoms with Crippen molar-refractivity contribution >= 4 is 23.4 Å². The van der Waals surface area contributed by atoms with Crippen LogP contribution in [0.5, 0.6) is 5.75 Å². The lowest BCUT2D eigenvalue weighted by molar-refractivity contribution is -0.132. The highest BCUT2D eigenvalue weighted by molar-refractivity contribution is 5.99. The number of ether oxygens (including phenoxy) is 1. The van der Waals surface area contributed by atoms with Crippen LogP contribution in [0.25, 0.3) is 0 Å². The number of hydrogen-bond donors (Lipinski definition) is 2. The Morgan fingerprint density at radius 1 is 0.912 bits per heavy atom. The highest BCUT2D eigenvalue weighted by Crippen LogP contribution is 2.18. The summed E-state index contributed by atoms with van der Waals surface area (Å²) in [6.45, 7) is 3.79. The number of carbonyl (C=O) groups excluding carboxylic acids is 3. The van der Waals surface area contributed by atoms with E-state index in [2.05, 4.69) is 10.6 Å². The molecule has 34 heavy (non-hydrogen) atoms. The van der Waals surface area contributed by atoms with E-state index in [0.29, 0.717) is 12.2 Å². The zero-order chi connectivity index (χ0) is 24.5. The maximum atomic E-state index is 12.9. The average Bonchev–Trinajstić information content (AvgIpc) is 2.84. The van der Waals surface area contributed by atoms with Gasteiger partial charge < -0.3 is 20.3 Å². The number of likely N-dealkylation sites (N-methyl/N-ethyl adjacent to an activating group) is 1. The van der Waals surface area contributed by atoms with Crippen LogP contribution in [0.2, 0.25) is 0 Å². The zero-order valence-electron chi connectivity index (χ0n) is 19.6. The van der Waals surface area contributed by atoms with Crippen molar-refractivity contribution in [1.29, 1.82) is 0 Å². The quantitative estimate of drug-likeness (QED) is 0.510. The first-order valence-corrected chi connectivity index (χ1v) is 11.0. The number of nitrogens with zero attached hydrogens (tertiary/aromatic N) is 1. The third-order valence-electron chi connectivity index (χ3n) is 5.18. The minimum atomic E-state index is -0.737. The molecule has 0 spiro atoms. The fraction of sp³-hybridized carbons (Fsp3) is 0.222. The van der Waals surface area contributed by atoms with Gasteiger partial charge in [0, 0.05) is 19.3 Å². The maximum Gasteiger partial charge on any atom is 0.262 e. The fourth-order valence-corrected chi connectivity index (χ4v) is 3.36. The maximum absolute atomic E-state index is 12.9. The summed E-state index contributed by atoms with van der Waals surface area (Å²) in [6, 6.07) is 22.9. The lowest BCUT2D eigenvalue weighted by Crippen LogP contribution is -2.45. The molecule has 7 nitrogen and oxygen atoms in total. The normalized spacial score (nSPS) is 11.3. The molecule has 0 bridgehead atoms. The van der Waals surface area contributed by atoms with Crippen molar-refractivity contribution in [1.82, 2.24) is 10.2 Å². The molecular weight excluding hydrogens is 430 g/mol. The van der Waals surface area contributed by atoms with E-state index in [-0.39, 0.29) is 29.7 Å². The number of amides is 3. The summed E-state index contributed by atoms with van der Waals surface area (Å²) in [5.41, 5.74) is 3.00. The molecule has 0 aliphatic rings.